The molecule has 1 aliphatic rings. The summed E-state index contributed by atoms with van der Waals surface area (Å²) >= 11 is 1.83. The Balaban J connectivity index is 1.23. The van der Waals surface area contributed by atoms with Gasteiger partial charge in [-0.15, -0.1) is 0 Å². The van der Waals surface area contributed by atoms with Crippen LogP contribution in [0.25, 0.3) is 83.3 Å². The lowest BCUT2D eigenvalue weighted by molar-refractivity contribution is 0.988. The summed E-state index contributed by atoms with van der Waals surface area (Å²) in [5, 5.41) is 4.71. The molecule has 10 rings (SSSR count). The first-order valence-electron chi connectivity index (χ1n) is 16.2. The van der Waals surface area contributed by atoms with E-state index in [0.29, 0.717) is 5.95 Å². The lowest BCUT2D eigenvalue weighted by Gasteiger charge is -2.15. The summed E-state index contributed by atoms with van der Waals surface area (Å²) in [7, 11) is 0. The van der Waals surface area contributed by atoms with E-state index in [9.17, 15) is 0 Å². The van der Waals surface area contributed by atoms with E-state index in [1.165, 1.54) is 53.8 Å². The van der Waals surface area contributed by atoms with Crippen LogP contribution in [-0.2, 0) is 0 Å². The molecule has 0 unspecified atom stereocenters. The summed E-state index contributed by atoms with van der Waals surface area (Å²) in [4.78, 5) is 13.2. The predicted molar refractivity (Wildman–Crippen MR) is 200 cm³/mol. The molecule has 3 heterocycles. The minimum atomic E-state index is 0.665. The second-order valence-corrected chi connectivity index (χ2v) is 13.2. The third-order valence-electron chi connectivity index (χ3n) is 9.44. The van der Waals surface area contributed by atoms with Crippen LogP contribution < -0.4 is 0 Å². The molecule has 0 amide bonds. The second kappa shape index (κ2) is 10.8. The van der Waals surface area contributed by atoms with Crippen LogP contribution in [0.15, 0.2) is 174 Å². The van der Waals surface area contributed by atoms with Crippen LogP contribution in [0.2, 0.25) is 0 Å². The van der Waals surface area contributed by atoms with E-state index in [2.05, 4.69) is 168 Å². The summed E-state index contributed by atoms with van der Waals surface area (Å²) < 4.78 is 2.28. The van der Waals surface area contributed by atoms with E-state index in [0.717, 1.165) is 33.4 Å². The van der Waals surface area contributed by atoms with Crippen molar-refractivity contribution in [2.24, 2.45) is 0 Å². The van der Waals surface area contributed by atoms with E-state index >= 15 is 0 Å². The largest absolute Gasteiger partial charge is 0.277 e. The number of aromatic nitrogens is 3. The van der Waals surface area contributed by atoms with Crippen molar-refractivity contribution in [2.75, 3.05) is 0 Å². The average molecular weight is 630 g/mol. The molecule has 0 atom stereocenters. The molecule has 1 aliphatic heterocycles. The third kappa shape index (κ3) is 4.16. The number of hydrogen-bond donors (Lipinski definition) is 0. The fraction of sp³-hybridized carbons (Fsp3) is 0. The number of para-hydroxylation sites is 2. The highest BCUT2D eigenvalue weighted by Gasteiger charge is 2.28. The fourth-order valence-electron chi connectivity index (χ4n) is 7.28. The van der Waals surface area contributed by atoms with Crippen LogP contribution >= 0.6 is 11.8 Å². The van der Waals surface area contributed by atoms with Crippen molar-refractivity contribution in [2.45, 2.75) is 9.79 Å². The predicted octanol–water partition coefficient (Wildman–Crippen LogP) is 11.9. The molecular weight excluding hydrogens is 603 g/mol. The summed E-state index contributed by atoms with van der Waals surface area (Å²) in [6, 6.07) is 58.4. The molecule has 0 saturated carbocycles. The van der Waals surface area contributed by atoms with Crippen molar-refractivity contribution >= 4 is 44.3 Å². The van der Waals surface area contributed by atoms with Crippen LogP contribution in [0, 0.1) is 0 Å². The molecule has 48 heavy (non-hydrogen) atoms. The maximum absolute atomic E-state index is 5.43. The highest BCUT2D eigenvalue weighted by molar-refractivity contribution is 7.99. The van der Waals surface area contributed by atoms with Gasteiger partial charge in [0.25, 0.3) is 0 Å². The first-order valence-corrected chi connectivity index (χ1v) is 17.0. The van der Waals surface area contributed by atoms with Gasteiger partial charge in [0.2, 0.25) is 5.95 Å². The molecule has 0 spiro atoms. The first kappa shape index (κ1) is 27.2. The quantitative estimate of drug-likeness (QED) is 0.195. The first-order chi connectivity index (χ1) is 23.8. The third-order valence-corrected chi connectivity index (χ3v) is 10.6. The lowest BCUT2D eigenvalue weighted by atomic mass is 9.96. The standard InChI is InChI=1S/C44H27N3S/c1-2-14-31-28(12-1)13-11-19-32(31)29-24-26-30(27-25-29)42-33-15-3-7-20-37(33)45-44(46-42)47-38-21-8-4-16-34(38)41-35-17-5-9-22-39(35)48-40-23-10-6-18-36(40)43(41)47/h1-27H. The van der Waals surface area contributed by atoms with Gasteiger partial charge in [-0.25, -0.2) is 9.97 Å². The molecule has 0 saturated heterocycles. The van der Waals surface area contributed by atoms with E-state index < -0.39 is 0 Å². The van der Waals surface area contributed by atoms with E-state index in [-0.39, 0.29) is 0 Å². The van der Waals surface area contributed by atoms with Crippen molar-refractivity contribution < 1.29 is 0 Å². The average Bonchev–Trinajstić information content (AvgIpc) is 3.42. The number of nitrogens with zero attached hydrogens (tertiary/aromatic N) is 3. The van der Waals surface area contributed by atoms with Gasteiger partial charge in [0, 0.05) is 37.3 Å². The minimum Gasteiger partial charge on any atom is -0.277 e. The normalized spacial score (nSPS) is 12.1. The Bertz CT molecular complexity index is 2700. The summed E-state index contributed by atoms with van der Waals surface area (Å²) in [5.41, 5.74) is 11.1. The zero-order valence-corrected chi connectivity index (χ0v) is 26.7. The van der Waals surface area contributed by atoms with Crippen molar-refractivity contribution in [1.82, 2.24) is 14.5 Å². The molecular formula is C44H27N3S. The summed E-state index contributed by atoms with van der Waals surface area (Å²) in [5.74, 6) is 0.665. The van der Waals surface area contributed by atoms with Crippen LogP contribution in [-0.4, -0.2) is 14.5 Å². The van der Waals surface area contributed by atoms with Crippen LogP contribution in [0.1, 0.15) is 0 Å². The Kier molecular flexibility index (Phi) is 6.11. The van der Waals surface area contributed by atoms with Gasteiger partial charge in [0.05, 0.1) is 22.4 Å². The molecule has 7 aromatic carbocycles. The monoisotopic (exact) mass is 629 g/mol. The van der Waals surface area contributed by atoms with Gasteiger partial charge < -0.3 is 0 Å². The van der Waals surface area contributed by atoms with E-state index in [1.807, 2.05) is 11.8 Å². The van der Waals surface area contributed by atoms with Crippen molar-refractivity contribution in [3.05, 3.63) is 164 Å². The maximum atomic E-state index is 5.43. The van der Waals surface area contributed by atoms with Gasteiger partial charge in [-0.05, 0) is 51.7 Å². The molecule has 4 heteroatoms. The van der Waals surface area contributed by atoms with Crippen LogP contribution in [0.4, 0.5) is 0 Å². The SMILES string of the molecule is c1ccc2c(c1)Sc1ccccc1-c1c-2c2ccccc2n1-c1nc(-c2ccc(-c3cccc4ccccc34)cc2)c2ccccc2n1. The molecule has 0 aliphatic carbocycles. The highest BCUT2D eigenvalue weighted by Crippen LogP contribution is 2.52. The zero-order valence-electron chi connectivity index (χ0n) is 25.8. The molecule has 9 aromatic rings. The van der Waals surface area contributed by atoms with Crippen molar-refractivity contribution in [3.63, 3.8) is 0 Å². The van der Waals surface area contributed by atoms with Crippen LogP contribution in [0.3, 0.4) is 0 Å². The Morgan fingerprint density at radius 2 is 1.04 bits per heavy atom. The smallest absolute Gasteiger partial charge is 0.235 e. The molecule has 0 bridgehead atoms. The Labute approximate surface area is 282 Å². The fourth-order valence-corrected chi connectivity index (χ4v) is 8.36. The van der Waals surface area contributed by atoms with Gasteiger partial charge in [0.1, 0.15) is 0 Å². The van der Waals surface area contributed by atoms with Crippen molar-refractivity contribution in [1.29, 1.82) is 0 Å². The molecule has 224 valence electrons. The van der Waals surface area contributed by atoms with Gasteiger partial charge >= 0.3 is 0 Å². The van der Waals surface area contributed by atoms with E-state index in [4.69, 9.17) is 9.97 Å². The zero-order chi connectivity index (χ0) is 31.6. The summed E-state index contributed by atoms with van der Waals surface area (Å²) in [6.07, 6.45) is 0. The Morgan fingerprint density at radius 1 is 0.438 bits per heavy atom. The Hall–Kier alpha value is -5.97. The number of benzene rings is 7. The maximum Gasteiger partial charge on any atom is 0.235 e. The van der Waals surface area contributed by atoms with E-state index in [1.54, 1.807) is 0 Å². The molecule has 2 aromatic heterocycles. The Morgan fingerprint density at radius 3 is 1.90 bits per heavy atom. The highest BCUT2D eigenvalue weighted by atomic mass is 32.2. The molecule has 0 N–H and O–H groups in total. The molecule has 0 radical (unpaired) electrons. The van der Waals surface area contributed by atoms with Gasteiger partial charge in [-0.1, -0.05) is 151 Å². The van der Waals surface area contributed by atoms with Crippen molar-refractivity contribution in [3.8, 4) is 50.7 Å². The topological polar surface area (TPSA) is 30.7 Å². The minimum absolute atomic E-state index is 0.665. The lowest BCUT2D eigenvalue weighted by Crippen LogP contribution is -2.05. The number of rotatable bonds is 3. The molecule has 3 nitrogen and oxygen atoms in total. The van der Waals surface area contributed by atoms with Gasteiger partial charge in [-0.2, -0.15) is 0 Å². The van der Waals surface area contributed by atoms with Gasteiger partial charge in [-0.3, -0.25) is 4.57 Å². The second-order valence-electron chi connectivity index (χ2n) is 12.2. The number of hydrogen-bond acceptors (Lipinski definition) is 3. The van der Waals surface area contributed by atoms with Gasteiger partial charge in [0.15, 0.2) is 0 Å². The van der Waals surface area contributed by atoms with Crippen LogP contribution in [0.5, 0.6) is 0 Å². The summed E-state index contributed by atoms with van der Waals surface area (Å²) in [6.45, 7) is 0. The number of fused-ring (bicyclic) bond motifs is 9. The molecule has 0 fully saturated rings.